The number of imidazole rings is 1. The Labute approximate surface area is 112 Å². The molecule has 0 saturated heterocycles. The first-order valence-electron chi connectivity index (χ1n) is 5.36. The van der Waals surface area contributed by atoms with Gasteiger partial charge in [0.2, 0.25) is 0 Å². The van der Waals surface area contributed by atoms with E-state index in [0.29, 0.717) is 23.1 Å². The van der Waals surface area contributed by atoms with Gasteiger partial charge in [-0.15, -0.1) is 0 Å². The summed E-state index contributed by atoms with van der Waals surface area (Å²) >= 11 is 3.04. The molecular weight excluding hydrogens is 301 g/mol. The second kappa shape index (κ2) is 5.77. The molecule has 18 heavy (non-hydrogen) atoms. The van der Waals surface area contributed by atoms with Gasteiger partial charge in [-0.2, -0.15) is 0 Å². The summed E-state index contributed by atoms with van der Waals surface area (Å²) in [6, 6.07) is 4.29. The molecule has 0 aliphatic heterocycles. The zero-order valence-electron chi connectivity index (χ0n) is 9.44. The molecule has 0 unspecified atom stereocenters. The van der Waals surface area contributed by atoms with Gasteiger partial charge >= 0.3 is 0 Å². The summed E-state index contributed by atoms with van der Waals surface area (Å²) in [6.07, 6.45) is 5.16. The van der Waals surface area contributed by atoms with Crippen LogP contribution in [0.4, 0.5) is 4.39 Å². The Morgan fingerprint density at radius 3 is 3.00 bits per heavy atom. The van der Waals surface area contributed by atoms with Crippen molar-refractivity contribution < 1.29 is 9.18 Å². The van der Waals surface area contributed by atoms with Crippen LogP contribution >= 0.6 is 15.9 Å². The Hall–Kier alpha value is -1.69. The number of amides is 1. The minimum atomic E-state index is -0.447. The van der Waals surface area contributed by atoms with Gasteiger partial charge in [0.1, 0.15) is 5.82 Å². The average molecular weight is 312 g/mol. The summed E-state index contributed by atoms with van der Waals surface area (Å²) in [6.45, 7) is 1.09. The molecule has 0 spiro atoms. The van der Waals surface area contributed by atoms with Gasteiger partial charge in [-0.3, -0.25) is 4.79 Å². The van der Waals surface area contributed by atoms with Gasteiger partial charge in [0.25, 0.3) is 5.91 Å². The number of rotatable bonds is 4. The molecule has 0 bridgehead atoms. The molecule has 1 aromatic heterocycles. The van der Waals surface area contributed by atoms with Gasteiger partial charge in [-0.25, -0.2) is 9.37 Å². The van der Waals surface area contributed by atoms with E-state index in [0.717, 1.165) is 0 Å². The summed E-state index contributed by atoms with van der Waals surface area (Å²) in [7, 11) is 0. The molecule has 0 radical (unpaired) electrons. The first kappa shape index (κ1) is 12.8. The van der Waals surface area contributed by atoms with E-state index < -0.39 is 5.82 Å². The lowest BCUT2D eigenvalue weighted by atomic mass is 10.2. The van der Waals surface area contributed by atoms with Crippen LogP contribution in [0.3, 0.4) is 0 Å². The second-order valence-corrected chi connectivity index (χ2v) is 4.54. The van der Waals surface area contributed by atoms with E-state index in [2.05, 4.69) is 26.2 Å². The van der Waals surface area contributed by atoms with Crippen molar-refractivity contribution in [1.82, 2.24) is 14.9 Å². The van der Waals surface area contributed by atoms with Crippen LogP contribution in [0.1, 0.15) is 10.4 Å². The first-order chi connectivity index (χ1) is 8.66. The highest BCUT2D eigenvalue weighted by atomic mass is 79.9. The highest BCUT2D eigenvalue weighted by Crippen LogP contribution is 2.16. The van der Waals surface area contributed by atoms with Crippen LogP contribution < -0.4 is 5.32 Å². The molecule has 0 fully saturated rings. The number of carbonyl (C=O) groups excluding carboxylic acids is 1. The molecule has 0 atom stereocenters. The summed E-state index contributed by atoms with van der Waals surface area (Å²) in [5, 5.41) is 2.71. The molecule has 2 aromatic rings. The zero-order chi connectivity index (χ0) is 13.0. The Morgan fingerprint density at radius 1 is 1.50 bits per heavy atom. The third-order valence-electron chi connectivity index (χ3n) is 2.40. The number of hydrogen-bond acceptors (Lipinski definition) is 2. The van der Waals surface area contributed by atoms with Crippen LogP contribution in [0.25, 0.3) is 0 Å². The Morgan fingerprint density at radius 2 is 2.33 bits per heavy atom. The lowest BCUT2D eigenvalue weighted by Gasteiger charge is -2.06. The van der Waals surface area contributed by atoms with E-state index in [1.807, 2.05) is 10.8 Å². The normalized spacial score (nSPS) is 10.3. The summed E-state index contributed by atoms with van der Waals surface area (Å²) < 4.78 is 15.4. The van der Waals surface area contributed by atoms with Crippen molar-refractivity contribution in [3.8, 4) is 0 Å². The molecule has 4 nitrogen and oxygen atoms in total. The number of aromatic nitrogens is 2. The van der Waals surface area contributed by atoms with E-state index in [-0.39, 0.29) is 5.91 Å². The van der Waals surface area contributed by atoms with Gasteiger partial charge in [-0.1, -0.05) is 0 Å². The third-order valence-corrected chi connectivity index (χ3v) is 3.04. The van der Waals surface area contributed by atoms with Crippen LogP contribution in [0, 0.1) is 5.82 Å². The molecule has 94 valence electrons. The van der Waals surface area contributed by atoms with Crippen molar-refractivity contribution >= 4 is 21.8 Å². The Bertz CT molecular complexity index is 542. The Kier molecular flexibility index (Phi) is 4.09. The van der Waals surface area contributed by atoms with Gasteiger partial charge in [0.05, 0.1) is 10.8 Å². The first-order valence-corrected chi connectivity index (χ1v) is 6.15. The van der Waals surface area contributed by atoms with E-state index in [1.54, 1.807) is 18.6 Å². The summed E-state index contributed by atoms with van der Waals surface area (Å²) in [5.74, 6) is -0.737. The maximum absolute atomic E-state index is 13.2. The molecule has 0 saturated carbocycles. The molecule has 0 aliphatic carbocycles. The summed E-state index contributed by atoms with van der Waals surface area (Å²) in [4.78, 5) is 15.6. The lowest BCUT2D eigenvalue weighted by molar-refractivity contribution is 0.0952. The van der Waals surface area contributed by atoms with E-state index in [1.165, 1.54) is 12.1 Å². The van der Waals surface area contributed by atoms with Crippen molar-refractivity contribution in [2.75, 3.05) is 6.54 Å². The molecule has 2 rings (SSSR count). The van der Waals surface area contributed by atoms with Gasteiger partial charge in [0, 0.05) is 31.0 Å². The zero-order valence-corrected chi connectivity index (χ0v) is 11.0. The standard InChI is InChI=1S/C12H11BrFN3O/c13-10-2-1-9(7-11(10)14)12(18)16-4-6-17-5-3-15-8-17/h1-3,5,7-8H,4,6H2,(H,16,18). The monoisotopic (exact) mass is 311 g/mol. The van der Waals surface area contributed by atoms with Gasteiger partial charge < -0.3 is 9.88 Å². The molecule has 1 aromatic carbocycles. The van der Waals surface area contributed by atoms with Crippen LogP contribution in [0.15, 0.2) is 41.4 Å². The predicted octanol–water partition coefficient (Wildman–Crippen LogP) is 2.21. The highest BCUT2D eigenvalue weighted by molar-refractivity contribution is 9.10. The molecule has 6 heteroatoms. The van der Waals surface area contributed by atoms with Gasteiger partial charge in [0.15, 0.2) is 0 Å². The predicted molar refractivity (Wildman–Crippen MR) is 68.7 cm³/mol. The lowest BCUT2D eigenvalue weighted by Crippen LogP contribution is -2.27. The number of benzene rings is 1. The van der Waals surface area contributed by atoms with Crippen molar-refractivity contribution in [2.24, 2.45) is 0 Å². The number of carbonyl (C=O) groups is 1. The number of halogens is 2. The largest absolute Gasteiger partial charge is 0.350 e. The molecule has 1 heterocycles. The van der Waals surface area contributed by atoms with Crippen molar-refractivity contribution in [2.45, 2.75) is 6.54 Å². The van der Waals surface area contributed by atoms with Crippen LogP contribution in [-0.2, 0) is 6.54 Å². The van der Waals surface area contributed by atoms with Crippen LogP contribution in [-0.4, -0.2) is 22.0 Å². The minimum absolute atomic E-state index is 0.290. The third kappa shape index (κ3) is 3.16. The Balaban J connectivity index is 1.89. The maximum Gasteiger partial charge on any atom is 0.251 e. The number of nitrogens with one attached hydrogen (secondary N) is 1. The smallest absolute Gasteiger partial charge is 0.251 e. The van der Waals surface area contributed by atoms with Crippen LogP contribution in [0.2, 0.25) is 0 Å². The van der Waals surface area contributed by atoms with Crippen molar-refractivity contribution in [3.05, 3.63) is 52.8 Å². The minimum Gasteiger partial charge on any atom is -0.350 e. The van der Waals surface area contributed by atoms with E-state index >= 15 is 0 Å². The maximum atomic E-state index is 13.2. The topological polar surface area (TPSA) is 46.9 Å². The van der Waals surface area contributed by atoms with Crippen molar-refractivity contribution in [3.63, 3.8) is 0 Å². The van der Waals surface area contributed by atoms with Gasteiger partial charge in [-0.05, 0) is 34.1 Å². The highest BCUT2D eigenvalue weighted by Gasteiger charge is 2.07. The van der Waals surface area contributed by atoms with E-state index in [9.17, 15) is 9.18 Å². The average Bonchev–Trinajstić information content (AvgIpc) is 2.85. The SMILES string of the molecule is O=C(NCCn1ccnc1)c1ccc(Br)c(F)c1. The fourth-order valence-corrected chi connectivity index (χ4v) is 1.70. The summed E-state index contributed by atoms with van der Waals surface area (Å²) in [5.41, 5.74) is 0.307. The van der Waals surface area contributed by atoms with Crippen molar-refractivity contribution in [1.29, 1.82) is 0 Å². The van der Waals surface area contributed by atoms with Crippen LogP contribution in [0.5, 0.6) is 0 Å². The number of nitrogens with zero attached hydrogens (tertiary/aromatic N) is 2. The molecule has 1 N–H and O–H groups in total. The molecular formula is C12H11BrFN3O. The molecule has 0 aliphatic rings. The fourth-order valence-electron chi connectivity index (χ4n) is 1.46. The quantitative estimate of drug-likeness (QED) is 0.941. The fraction of sp³-hybridized carbons (Fsp3) is 0.167. The number of hydrogen-bond donors (Lipinski definition) is 1. The van der Waals surface area contributed by atoms with E-state index in [4.69, 9.17) is 0 Å². The molecule has 1 amide bonds. The second-order valence-electron chi connectivity index (χ2n) is 3.69.